The number of phenols is 1. The molecule has 0 saturated heterocycles. The normalized spacial score (nSPS) is 18.4. The van der Waals surface area contributed by atoms with E-state index in [0.717, 1.165) is 29.5 Å². The quantitative estimate of drug-likeness (QED) is 0.672. The molecule has 0 fully saturated rings. The largest absolute Gasteiger partial charge is 0.508 e. The highest BCUT2D eigenvalue weighted by molar-refractivity contribution is 6.32. The van der Waals surface area contributed by atoms with Crippen LogP contribution in [0.1, 0.15) is 62.4 Å². The summed E-state index contributed by atoms with van der Waals surface area (Å²) in [5.41, 5.74) is 8.32. The van der Waals surface area contributed by atoms with Gasteiger partial charge in [-0.05, 0) is 80.0 Å². The van der Waals surface area contributed by atoms with Gasteiger partial charge in [-0.2, -0.15) is 0 Å². The smallest absolute Gasteiger partial charge is 0.410 e. The van der Waals surface area contributed by atoms with Crippen molar-refractivity contribution in [1.82, 2.24) is 4.90 Å². The Morgan fingerprint density at radius 1 is 1.18 bits per heavy atom. The van der Waals surface area contributed by atoms with Crippen molar-refractivity contribution < 1.29 is 19.4 Å². The SMILES string of the molecule is CCc1cc2c(c(Cl)c1CC)CCN(C(=O)OC(C)(C)C)C[C@@]2(C(N)=O)c1ccc(O)cc1. The molecule has 1 aliphatic heterocycles. The molecule has 1 heterocycles. The van der Waals surface area contributed by atoms with E-state index >= 15 is 0 Å². The predicted molar refractivity (Wildman–Crippen MR) is 130 cm³/mol. The number of phenolic OH excluding ortho intramolecular Hbond substituents is 1. The molecule has 0 spiro atoms. The molecule has 2 aromatic rings. The highest BCUT2D eigenvalue weighted by atomic mass is 35.5. The summed E-state index contributed by atoms with van der Waals surface area (Å²) < 4.78 is 5.64. The van der Waals surface area contributed by atoms with Crippen LogP contribution in [-0.2, 0) is 34.2 Å². The van der Waals surface area contributed by atoms with E-state index in [4.69, 9.17) is 22.1 Å². The number of amides is 2. The number of rotatable bonds is 4. The molecule has 2 amide bonds. The second-order valence-electron chi connectivity index (χ2n) is 9.53. The average molecular weight is 473 g/mol. The van der Waals surface area contributed by atoms with Crippen molar-refractivity contribution in [2.75, 3.05) is 13.1 Å². The lowest BCUT2D eigenvalue weighted by atomic mass is 9.71. The van der Waals surface area contributed by atoms with Gasteiger partial charge in [-0.3, -0.25) is 4.79 Å². The molecule has 7 heteroatoms. The van der Waals surface area contributed by atoms with Crippen molar-refractivity contribution in [2.45, 2.75) is 64.9 Å². The summed E-state index contributed by atoms with van der Waals surface area (Å²) >= 11 is 6.93. The highest BCUT2D eigenvalue weighted by Gasteiger charge is 2.47. The fraction of sp³-hybridized carbons (Fsp3) is 0.462. The second kappa shape index (κ2) is 9.26. The first-order valence-electron chi connectivity index (χ1n) is 11.4. The van der Waals surface area contributed by atoms with Crippen molar-refractivity contribution in [3.8, 4) is 5.75 Å². The predicted octanol–water partition coefficient (Wildman–Crippen LogP) is 4.74. The number of aryl methyl sites for hydroxylation is 1. The van der Waals surface area contributed by atoms with Gasteiger partial charge in [-0.15, -0.1) is 0 Å². The third kappa shape index (κ3) is 4.67. The molecule has 178 valence electrons. The molecular weight excluding hydrogens is 440 g/mol. The van der Waals surface area contributed by atoms with Gasteiger partial charge in [0, 0.05) is 18.1 Å². The first-order valence-corrected chi connectivity index (χ1v) is 11.7. The lowest BCUT2D eigenvalue weighted by Gasteiger charge is -2.36. The number of ether oxygens (including phenoxy) is 1. The number of halogens is 1. The number of primary amides is 1. The van der Waals surface area contributed by atoms with Crippen molar-refractivity contribution in [2.24, 2.45) is 5.73 Å². The Bertz CT molecular complexity index is 1060. The van der Waals surface area contributed by atoms with E-state index in [1.165, 1.54) is 17.0 Å². The van der Waals surface area contributed by atoms with Crippen LogP contribution in [0.25, 0.3) is 0 Å². The molecule has 1 atom stereocenters. The summed E-state index contributed by atoms with van der Waals surface area (Å²) in [6.07, 6.45) is 1.46. The summed E-state index contributed by atoms with van der Waals surface area (Å²) in [7, 11) is 0. The van der Waals surface area contributed by atoms with E-state index in [0.29, 0.717) is 29.1 Å². The monoisotopic (exact) mass is 472 g/mol. The summed E-state index contributed by atoms with van der Waals surface area (Å²) in [5.74, 6) is -0.517. The first-order chi connectivity index (χ1) is 15.4. The molecule has 1 aliphatic rings. The number of aromatic hydroxyl groups is 1. The van der Waals surface area contributed by atoms with Gasteiger partial charge >= 0.3 is 6.09 Å². The molecular formula is C26H33ClN2O4. The van der Waals surface area contributed by atoms with Gasteiger partial charge in [-0.1, -0.05) is 43.6 Å². The second-order valence-corrected chi connectivity index (χ2v) is 9.91. The fourth-order valence-electron chi connectivity index (χ4n) is 4.64. The number of nitrogens with two attached hydrogens (primary N) is 1. The topological polar surface area (TPSA) is 92.9 Å². The molecule has 33 heavy (non-hydrogen) atoms. The Hall–Kier alpha value is -2.73. The van der Waals surface area contributed by atoms with Gasteiger partial charge in [-0.25, -0.2) is 4.79 Å². The molecule has 6 nitrogen and oxygen atoms in total. The van der Waals surface area contributed by atoms with Crippen LogP contribution in [0.15, 0.2) is 30.3 Å². The first kappa shape index (κ1) is 24.9. The third-order valence-electron chi connectivity index (χ3n) is 6.25. The van der Waals surface area contributed by atoms with Crippen LogP contribution in [0.4, 0.5) is 4.79 Å². The fourth-order valence-corrected chi connectivity index (χ4v) is 5.09. The minimum atomic E-state index is -1.35. The maximum Gasteiger partial charge on any atom is 0.410 e. The Morgan fingerprint density at radius 3 is 2.33 bits per heavy atom. The van der Waals surface area contributed by atoms with E-state index in [2.05, 4.69) is 6.92 Å². The number of nitrogens with zero attached hydrogens (tertiary/aromatic N) is 1. The van der Waals surface area contributed by atoms with Gasteiger partial charge in [0.25, 0.3) is 0 Å². The van der Waals surface area contributed by atoms with Gasteiger partial charge in [0.2, 0.25) is 5.91 Å². The minimum absolute atomic E-state index is 0.0139. The van der Waals surface area contributed by atoms with Crippen LogP contribution in [0.3, 0.4) is 0 Å². The summed E-state index contributed by atoms with van der Waals surface area (Å²) in [4.78, 5) is 28.0. The number of hydrogen-bond acceptors (Lipinski definition) is 4. The van der Waals surface area contributed by atoms with E-state index in [1.54, 1.807) is 32.9 Å². The van der Waals surface area contributed by atoms with Crippen molar-refractivity contribution in [3.63, 3.8) is 0 Å². The maximum atomic E-state index is 13.3. The molecule has 0 bridgehead atoms. The molecule has 0 aromatic heterocycles. The van der Waals surface area contributed by atoms with Crippen LogP contribution < -0.4 is 5.73 Å². The van der Waals surface area contributed by atoms with Crippen LogP contribution in [0.5, 0.6) is 5.75 Å². The minimum Gasteiger partial charge on any atom is -0.508 e. The molecule has 0 saturated carbocycles. The van der Waals surface area contributed by atoms with Gasteiger partial charge < -0.3 is 20.5 Å². The van der Waals surface area contributed by atoms with E-state index in [1.807, 2.05) is 13.0 Å². The Balaban J connectivity index is 2.32. The summed E-state index contributed by atoms with van der Waals surface area (Å²) in [6.45, 7) is 9.86. The average Bonchev–Trinajstić information content (AvgIpc) is 2.91. The molecule has 2 aromatic carbocycles. The van der Waals surface area contributed by atoms with Gasteiger partial charge in [0.1, 0.15) is 16.8 Å². The van der Waals surface area contributed by atoms with E-state index < -0.39 is 23.0 Å². The standard InChI is InChI=1S/C26H33ClN2O4/c1-6-16-14-21-20(22(27)19(16)7-2)12-13-29(24(32)33-25(3,4)5)15-26(21,23(28)31)17-8-10-18(30)11-9-17/h8-11,14,30H,6-7,12-13,15H2,1-5H3,(H2,28,31)/t26-/m1/s1. The molecule has 3 N–H and O–H groups in total. The lowest BCUT2D eigenvalue weighted by molar-refractivity contribution is -0.122. The Morgan fingerprint density at radius 2 is 1.82 bits per heavy atom. The summed E-state index contributed by atoms with van der Waals surface area (Å²) in [6, 6.07) is 8.41. The number of fused-ring (bicyclic) bond motifs is 1. The summed E-state index contributed by atoms with van der Waals surface area (Å²) in [5, 5.41) is 10.5. The van der Waals surface area contributed by atoms with Crippen LogP contribution in [-0.4, -0.2) is 40.7 Å². The lowest BCUT2D eigenvalue weighted by Crippen LogP contribution is -2.52. The Labute approximate surface area is 200 Å². The number of hydrogen-bond donors (Lipinski definition) is 2. The van der Waals surface area contributed by atoms with Crippen LogP contribution in [0.2, 0.25) is 5.02 Å². The third-order valence-corrected chi connectivity index (χ3v) is 6.70. The van der Waals surface area contributed by atoms with E-state index in [-0.39, 0.29) is 12.3 Å². The van der Waals surface area contributed by atoms with Crippen LogP contribution >= 0.6 is 11.6 Å². The zero-order chi connectivity index (χ0) is 24.6. The van der Waals surface area contributed by atoms with Gasteiger partial charge in [0.15, 0.2) is 0 Å². The van der Waals surface area contributed by atoms with Crippen molar-refractivity contribution >= 4 is 23.6 Å². The molecule has 0 radical (unpaired) electrons. The number of benzene rings is 2. The Kier molecular flexibility index (Phi) is 6.99. The van der Waals surface area contributed by atoms with E-state index in [9.17, 15) is 14.7 Å². The molecule has 3 rings (SSSR count). The zero-order valence-electron chi connectivity index (χ0n) is 20.0. The number of carbonyl (C=O) groups excluding carboxylic acids is 2. The molecule has 0 unspecified atom stereocenters. The highest BCUT2D eigenvalue weighted by Crippen LogP contribution is 2.43. The molecule has 0 aliphatic carbocycles. The van der Waals surface area contributed by atoms with Crippen LogP contribution in [0, 0.1) is 0 Å². The van der Waals surface area contributed by atoms with Gasteiger partial charge in [0.05, 0.1) is 0 Å². The maximum absolute atomic E-state index is 13.3. The van der Waals surface area contributed by atoms with Crippen molar-refractivity contribution in [1.29, 1.82) is 0 Å². The zero-order valence-corrected chi connectivity index (χ0v) is 20.8. The van der Waals surface area contributed by atoms with Crippen molar-refractivity contribution in [3.05, 3.63) is 63.2 Å². The number of carbonyl (C=O) groups is 2.